The number of hydrogen-bond acceptors (Lipinski definition) is 6. The summed E-state index contributed by atoms with van der Waals surface area (Å²) in [5.41, 5.74) is -0.724. The molecule has 0 saturated carbocycles. The highest BCUT2D eigenvalue weighted by Gasteiger charge is 2.30. The number of rotatable bonds is 7. The van der Waals surface area contributed by atoms with Crippen LogP contribution in [0.5, 0.6) is 5.75 Å². The number of amides is 1. The molecule has 0 aliphatic rings. The average molecular weight is 547 g/mol. The lowest BCUT2D eigenvalue weighted by Crippen LogP contribution is -2.21. The quantitative estimate of drug-likeness (QED) is 0.145. The van der Waals surface area contributed by atoms with Crippen molar-refractivity contribution in [3.05, 3.63) is 118 Å². The Morgan fingerprint density at radius 1 is 0.875 bits per heavy atom. The van der Waals surface area contributed by atoms with Crippen LogP contribution < -0.4 is 15.7 Å². The lowest BCUT2D eigenvalue weighted by molar-refractivity contribution is -0.137. The largest absolute Gasteiger partial charge is 0.483 e. The summed E-state index contributed by atoms with van der Waals surface area (Å²) in [7, 11) is 0. The number of para-hydroxylation sites is 1. The molecule has 0 fully saturated rings. The number of hydrogen-bond donors (Lipinski definition) is 1. The Labute approximate surface area is 224 Å². The van der Waals surface area contributed by atoms with Crippen molar-refractivity contribution in [3.8, 4) is 5.75 Å². The number of halogens is 3. The minimum atomic E-state index is -4.56. The van der Waals surface area contributed by atoms with E-state index in [0.717, 1.165) is 22.9 Å². The topological polar surface area (TPSA) is 94.8 Å². The molecule has 40 heavy (non-hydrogen) atoms. The summed E-state index contributed by atoms with van der Waals surface area (Å²) < 4.78 is 55.1. The second-order valence-corrected chi connectivity index (χ2v) is 8.74. The molecule has 1 N–H and O–H groups in total. The van der Waals surface area contributed by atoms with Gasteiger partial charge < -0.3 is 19.2 Å². The molecular weight excluding hydrogens is 527 g/mol. The number of carbonyl (C=O) groups excluding carboxylic acids is 2. The highest BCUT2D eigenvalue weighted by molar-refractivity contribution is 6.07. The van der Waals surface area contributed by atoms with Crippen molar-refractivity contribution >= 4 is 39.3 Å². The Kier molecular flexibility index (Phi) is 7.24. The van der Waals surface area contributed by atoms with Crippen molar-refractivity contribution in [2.45, 2.75) is 12.8 Å². The van der Waals surface area contributed by atoms with Crippen molar-refractivity contribution in [2.24, 2.45) is 0 Å². The van der Waals surface area contributed by atoms with E-state index in [9.17, 15) is 27.6 Å². The fourth-order valence-corrected chi connectivity index (χ4v) is 4.23. The van der Waals surface area contributed by atoms with Crippen LogP contribution >= 0.6 is 0 Å². The van der Waals surface area contributed by atoms with E-state index < -0.39 is 35.8 Å². The van der Waals surface area contributed by atoms with Crippen LogP contribution in [0.1, 0.15) is 21.5 Å². The van der Waals surface area contributed by atoms with Gasteiger partial charge in [-0.3, -0.25) is 4.79 Å². The highest BCUT2D eigenvalue weighted by Crippen LogP contribution is 2.31. The number of nitrogens with one attached hydrogen (secondary N) is 1. The first-order valence-electron chi connectivity index (χ1n) is 12.0. The Balaban J connectivity index is 1.29. The van der Waals surface area contributed by atoms with E-state index in [-0.39, 0.29) is 23.6 Å². The first kappa shape index (κ1) is 26.5. The van der Waals surface area contributed by atoms with E-state index in [4.69, 9.17) is 13.9 Å². The van der Waals surface area contributed by atoms with Crippen molar-refractivity contribution < 1.29 is 36.7 Å². The van der Waals surface area contributed by atoms with Crippen LogP contribution in [-0.4, -0.2) is 18.5 Å². The maximum Gasteiger partial charge on any atom is 0.416 e. The molecule has 5 rings (SSSR count). The van der Waals surface area contributed by atoms with Crippen molar-refractivity contribution in [2.75, 3.05) is 11.9 Å². The summed E-state index contributed by atoms with van der Waals surface area (Å²) in [4.78, 5) is 37.4. The summed E-state index contributed by atoms with van der Waals surface area (Å²) in [6.07, 6.45) is -4.56. The molecule has 0 spiro atoms. The SMILES string of the molecule is O=C(COc1ccccc1C(=O)OCc1cc(=O)oc2ccc3ccccc3c12)Nc1cccc(C(F)(F)F)c1. The number of fused-ring (bicyclic) bond motifs is 3. The van der Waals surface area contributed by atoms with Gasteiger partial charge in [0.1, 0.15) is 23.5 Å². The number of esters is 1. The normalized spacial score (nSPS) is 11.4. The zero-order valence-electron chi connectivity index (χ0n) is 20.7. The van der Waals surface area contributed by atoms with Gasteiger partial charge in [-0.15, -0.1) is 0 Å². The molecule has 10 heteroatoms. The fourth-order valence-electron chi connectivity index (χ4n) is 4.23. The van der Waals surface area contributed by atoms with Gasteiger partial charge in [0.05, 0.1) is 5.56 Å². The van der Waals surface area contributed by atoms with E-state index in [1.807, 2.05) is 30.3 Å². The second kappa shape index (κ2) is 10.9. The van der Waals surface area contributed by atoms with Gasteiger partial charge in [0.2, 0.25) is 0 Å². The maximum absolute atomic E-state index is 13.0. The molecule has 0 radical (unpaired) electrons. The highest BCUT2D eigenvalue weighted by atomic mass is 19.4. The van der Waals surface area contributed by atoms with Crippen molar-refractivity contribution in [3.63, 3.8) is 0 Å². The van der Waals surface area contributed by atoms with E-state index in [1.54, 1.807) is 18.2 Å². The molecule has 1 aromatic heterocycles. The zero-order chi connectivity index (χ0) is 28.3. The predicted molar refractivity (Wildman–Crippen MR) is 141 cm³/mol. The van der Waals surface area contributed by atoms with E-state index in [2.05, 4.69) is 5.32 Å². The third kappa shape index (κ3) is 5.80. The molecule has 0 bridgehead atoms. The first-order valence-corrected chi connectivity index (χ1v) is 12.0. The summed E-state index contributed by atoms with van der Waals surface area (Å²) in [5.74, 6) is -1.46. The van der Waals surface area contributed by atoms with Crippen LogP contribution in [0.4, 0.5) is 18.9 Å². The maximum atomic E-state index is 13.0. The Bertz CT molecular complexity index is 1790. The molecule has 0 aliphatic heterocycles. The van der Waals surface area contributed by atoms with Gasteiger partial charge in [-0.05, 0) is 47.2 Å². The van der Waals surface area contributed by atoms with Crippen LogP contribution in [0.3, 0.4) is 0 Å². The van der Waals surface area contributed by atoms with Gasteiger partial charge in [-0.25, -0.2) is 9.59 Å². The second-order valence-electron chi connectivity index (χ2n) is 8.74. The molecule has 0 saturated heterocycles. The molecule has 202 valence electrons. The van der Waals surface area contributed by atoms with E-state index in [0.29, 0.717) is 16.5 Å². The predicted octanol–water partition coefficient (Wildman–Crippen LogP) is 6.34. The molecule has 0 unspecified atom stereocenters. The molecule has 7 nitrogen and oxygen atoms in total. The average Bonchev–Trinajstić information content (AvgIpc) is 2.94. The van der Waals surface area contributed by atoms with Gasteiger partial charge in [0.15, 0.2) is 6.61 Å². The summed E-state index contributed by atoms with van der Waals surface area (Å²) in [6.45, 7) is -0.809. The van der Waals surface area contributed by atoms with Crippen molar-refractivity contribution in [1.82, 2.24) is 0 Å². The van der Waals surface area contributed by atoms with Crippen LogP contribution in [0, 0.1) is 0 Å². The van der Waals surface area contributed by atoms with Crippen LogP contribution in [0.15, 0.2) is 100 Å². The number of benzene rings is 4. The van der Waals surface area contributed by atoms with E-state index in [1.165, 1.54) is 30.3 Å². The molecule has 4 aromatic carbocycles. The number of anilines is 1. The smallest absolute Gasteiger partial charge is 0.416 e. The Morgan fingerprint density at radius 2 is 1.65 bits per heavy atom. The third-order valence-electron chi connectivity index (χ3n) is 6.01. The Morgan fingerprint density at radius 3 is 2.48 bits per heavy atom. The number of alkyl halides is 3. The minimum Gasteiger partial charge on any atom is -0.483 e. The van der Waals surface area contributed by atoms with Gasteiger partial charge in [0, 0.05) is 22.7 Å². The zero-order valence-corrected chi connectivity index (χ0v) is 20.7. The minimum absolute atomic E-state index is 0.0199. The number of carbonyl (C=O) groups is 2. The fraction of sp³-hybridized carbons (Fsp3) is 0.100. The summed E-state index contributed by atoms with van der Waals surface area (Å²) in [5, 5.41) is 4.72. The third-order valence-corrected chi connectivity index (χ3v) is 6.01. The van der Waals surface area contributed by atoms with Crippen molar-refractivity contribution in [1.29, 1.82) is 0 Å². The summed E-state index contributed by atoms with van der Waals surface area (Å²) in [6, 6.07) is 22.5. The molecule has 0 aliphatic carbocycles. The molecule has 1 heterocycles. The summed E-state index contributed by atoms with van der Waals surface area (Å²) >= 11 is 0. The first-order chi connectivity index (χ1) is 19.2. The van der Waals surface area contributed by atoms with Gasteiger partial charge in [-0.2, -0.15) is 13.2 Å². The molecule has 5 aromatic rings. The Hall–Kier alpha value is -5.12. The molecular formula is C30H20F3NO6. The van der Waals surface area contributed by atoms with Crippen LogP contribution in [0.2, 0.25) is 0 Å². The molecule has 1 amide bonds. The standard InChI is InChI=1S/C30H20F3NO6/c31-30(32,33)20-7-5-8-21(15-20)34-26(35)17-38-24-11-4-3-10-23(24)29(37)39-16-19-14-27(36)40-25-13-12-18-6-1-2-9-22(18)28(19)25/h1-15H,16-17H2,(H,34,35). The van der Waals surface area contributed by atoms with Gasteiger partial charge in [0.25, 0.3) is 5.91 Å². The van der Waals surface area contributed by atoms with Crippen LogP contribution in [0.25, 0.3) is 21.7 Å². The van der Waals surface area contributed by atoms with E-state index >= 15 is 0 Å². The lowest BCUT2D eigenvalue weighted by Gasteiger charge is -2.13. The monoisotopic (exact) mass is 547 g/mol. The van der Waals surface area contributed by atoms with Gasteiger partial charge >= 0.3 is 17.8 Å². The van der Waals surface area contributed by atoms with Gasteiger partial charge in [-0.1, -0.05) is 48.5 Å². The number of ether oxygens (including phenoxy) is 2. The van der Waals surface area contributed by atoms with Crippen LogP contribution in [-0.2, 0) is 22.3 Å². The molecule has 0 atom stereocenters. The lowest BCUT2D eigenvalue weighted by atomic mass is 10.0.